The van der Waals surface area contributed by atoms with Gasteiger partial charge in [-0.1, -0.05) is 30.3 Å². The Morgan fingerprint density at radius 1 is 1.29 bits per heavy atom. The zero-order chi connectivity index (χ0) is 19.9. The van der Waals surface area contributed by atoms with Crippen LogP contribution in [0.4, 0.5) is 10.1 Å². The minimum atomic E-state index is -4.17. The molecule has 0 saturated carbocycles. The maximum atomic E-state index is 15.5. The first-order valence-electron chi connectivity index (χ1n) is 8.95. The van der Waals surface area contributed by atoms with Gasteiger partial charge >= 0.3 is 10.2 Å². The van der Waals surface area contributed by atoms with Crippen LogP contribution in [0.25, 0.3) is 0 Å². The molecule has 1 amide bonds. The van der Waals surface area contributed by atoms with Gasteiger partial charge in [-0.05, 0) is 42.0 Å². The quantitative estimate of drug-likeness (QED) is 0.801. The van der Waals surface area contributed by atoms with Crippen LogP contribution in [0.2, 0.25) is 0 Å². The highest BCUT2D eigenvalue weighted by Crippen LogP contribution is 2.40. The SMILES string of the molecule is NC1CCc2cc(OCc3ccccc3)c(N3CC(=O)NS3(=O)=O)c(F)c2C1. The second-order valence-corrected chi connectivity index (χ2v) is 8.58. The summed E-state index contributed by atoms with van der Waals surface area (Å²) in [6.45, 7) is -0.355. The number of ether oxygens (including phenoxy) is 1. The summed E-state index contributed by atoms with van der Waals surface area (Å²) in [5.74, 6) is -1.32. The number of anilines is 1. The van der Waals surface area contributed by atoms with E-state index in [1.807, 2.05) is 35.1 Å². The molecular formula is C19H20FN3O4S. The Morgan fingerprint density at radius 3 is 2.71 bits per heavy atom. The Balaban J connectivity index is 1.79. The number of aryl methyl sites for hydroxylation is 1. The van der Waals surface area contributed by atoms with Crippen molar-refractivity contribution in [1.82, 2.24) is 4.72 Å². The van der Waals surface area contributed by atoms with E-state index in [0.29, 0.717) is 24.8 Å². The lowest BCUT2D eigenvalue weighted by atomic mass is 9.87. The molecule has 0 radical (unpaired) electrons. The van der Waals surface area contributed by atoms with Crippen LogP contribution in [-0.2, 0) is 34.5 Å². The summed E-state index contributed by atoms with van der Waals surface area (Å²) in [5, 5.41) is 0. The summed E-state index contributed by atoms with van der Waals surface area (Å²) in [4.78, 5) is 11.7. The van der Waals surface area contributed by atoms with Crippen LogP contribution in [0, 0.1) is 5.82 Å². The third-order valence-corrected chi connectivity index (χ3v) is 6.33. The van der Waals surface area contributed by atoms with Gasteiger partial charge in [-0.15, -0.1) is 0 Å². The Hall–Kier alpha value is -2.65. The molecule has 2 aliphatic rings. The second kappa shape index (κ2) is 7.06. The minimum absolute atomic E-state index is 0.0932. The van der Waals surface area contributed by atoms with E-state index in [2.05, 4.69) is 0 Å². The maximum absolute atomic E-state index is 15.5. The van der Waals surface area contributed by atoms with E-state index in [0.717, 1.165) is 15.4 Å². The molecule has 1 fully saturated rings. The molecule has 9 heteroatoms. The number of nitrogens with zero attached hydrogens (tertiary/aromatic N) is 1. The Labute approximate surface area is 162 Å². The van der Waals surface area contributed by atoms with Crippen molar-refractivity contribution in [3.8, 4) is 5.75 Å². The van der Waals surface area contributed by atoms with Crippen molar-refractivity contribution in [3.05, 3.63) is 58.9 Å². The number of hydrogen-bond donors (Lipinski definition) is 2. The summed E-state index contributed by atoms with van der Waals surface area (Å²) >= 11 is 0. The largest absolute Gasteiger partial charge is 0.487 e. The summed E-state index contributed by atoms with van der Waals surface area (Å²) < 4.78 is 48.5. The highest BCUT2D eigenvalue weighted by Gasteiger charge is 2.39. The maximum Gasteiger partial charge on any atom is 0.326 e. The van der Waals surface area contributed by atoms with Gasteiger partial charge in [0.05, 0.1) is 0 Å². The first-order valence-corrected chi connectivity index (χ1v) is 10.4. The van der Waals surface area contributed by atoms with Gasteiger partial charge in [-0.25, -0.2) is 13.4 Å². The Kier molecular flexibility index (Phi) is 4.72. The van der Waals surface area contributed by atoms with Gasteiger partial charge in [0.1, 0.15) is 24.6 Å². The number of benzene rings is 2. The molecule has 1 aliphatic carbocycles. The molecular weight excluding hydrogens is 385 g/mol. The molecule has 1 heterocycles. The van der Waals surface area contributed by atoms with E-state index >= 15 is 4.39 Å². The lowest BCUT2D eigenvalue weighted by Gasteiger charge is -2.27. The fourth-order valence-corrected chi connectivity index (χ4v) is 4.74. The lowest BCUT2D eigenvalue weighted by Crippen LogP contribution is -2.33. The standard InChI is InChI=1S/C19H20FN3O4S/c20-18-15-9-14(21)7-6-13(15)8-16(27-11-12-4-2-1-3-5-12)19(18)23-10-17(24)22-28(23,25)26/h1-5,8,14H,6-7,9-11,21H2,(H,22,24). The molecule has 0 bridgehead atoms. The van der Waals surface area contributed by atoms with Crippen LogP contribution in [0.5, 0.6) is 5.75 Å². The zero-order valence-corrected chi connectivity index (χ0v) is 15.8. The predicted molar refractivity (Wildman–Crippen MR) is 102 cm³/mol. The van der Waals surface area contributed by atoms with Crippen LogP contribution in [0.3, 0.4) is 0 Å². The molecule has 1 saturated heterocycles. The number of halogens is 1. The van der Waals surface area contributed by atoms with Crippen LogP contribution < -0.4 is 19.5 Å². The number of nitrogens with two attached hydrogens (primary N) is 1. The van der Waals surface area contributed by atoms with Crippen molar-refractivity contribution < 1.29 is 22.3 Å². The van der Waals surface area contributed by atoms with Gasteiger partial charge < -0.3 is 10.5 Å². The van der Waals surface area contributed by atoms with E-state index in [-0.39, 0.29) is 24.1 Å². The van der Waals surface area contributed by atoms with E-state index in [1.54, 1.807) is 6.07 Å². The third kappa shape index (κ3) is 3.43. The van der Waals surface area contributed by atoms with E-state index < -0.39 is 28.5 Å². The number of amides is 1. The summed E-state index contributed by atoms with van der Waals surface area (Å²) in [6.07, 6.45) is 1.60. The van der Waals surface area contributed by atoms with Gasteiger partial charge in [-0.2, -0.15) is 8.42 Å². The van der Waals surface area contributed by atoms with E-state index in [9.17, 15) is 13.2 Å². The smallest absolute Gasteiger partial charge is 0.326 e. The number of nitrogens with one attached hydrogen (secondary N) is 1. The monoisotopic (exact) mass is 405 g/mol. The average Bonchev–Trinajstić information content (AvgIpc) is 2.93. The summed E-state index contributed by atoms with van der Waals surface area (Å²) in [6, 6.07) is 10.7. The van der Waals surface area contributed by atoms with Gasteiger partial charge in [0, 0.05) is 6.04 Å². The Bertz CT molecular complexity index is 1030. The van der Waals surface area contributed by atoms with Crippen molar-refractivity contribution in [2.75, 3.05) is 10.8 Å². The molecule has 1 aliphatic heterocycles. The van der Waals surface area contributed by atoms with E-state index in [1.165, 1.54) is 0 Å². The average molecular weight is 405 g/mol. The van der Waals surface area contributed by atoms with Crippen LogP contribution in [0.15, 0.2) is 36.4 Å². The highest BCUT2D eigenvalue weighted by molar-refractivity contribution is 7.92. The highest BCUT2D eigenvalue weighted by atomic mass is 32.2. The third-order valence-electron chi connectivity index (χ3n) is 4.96. The lowest BCUT2D eigenvalue weighted by molar-refractivity contribution is -0.117. The number of carbonyl (C=O) groups is 1. The summed E-state index contributed by atoms with van der Waals surface area (Å²) in [5.41, 5.74) is 7.72. The molecule has 1 atom stereocenters. The number of rotatable bonds is 4. The molecule has 7 nitrogen and oxygen atoms in total. The van der Waals surface area contributed by atoms with Gasteiger partial charge in [0.2, 0.25) is 0 Å². The molecule has 3 N–H and O–H groups in total. The molecule has 0 spiro atoms. The van der Waals surface area contributed by atoms with Gasteiger partial charge in [0.15, 0.2) is 5.82 Å². The number of carbonyl (C=O) groups excluding carboxylic acids is 1. The predicted octanol–water partition coefficient (Wildman–Crippen LogP) is 1.40. The van der Waals surface area contributed by atoms with Crippen molar-refractivity contribution in [1.29, 1.82) is 0 Å². The first kappa shape index (κ1) is 18.7. The topological polar surface area (TPSA) is 102 Å². The van der Waals surface area contributed by atoms with Gasteiger partial charge in [-0.3, -0.25) is 4.79 Å². The Morgan fingerprint density at radius 2 is 2.04 bits per heavy atom. The normalized spacial score (nSPS) is 20.6. The van der Waals surface area contributed by atoms with Crippen LogP contribution in [-0.4, -0.2) is 26.9 Å². The van der Waals surface area contributed by atoms with Crippen molar-refractivity contribution in [3.63, 3.8) is 0 Å². The fraction of sp³-hybridized carbons (Fsp3) is 0.316. The molecule has 4 rings (SSSR count). The summed E-state index contributed by atoms with van der Waals surface area (Å²) in [7, 11) is -4.17. The zero-order valence-electron chi connectivity index (χ0n) is 15.0. The molecule has 148 valence electrons. The van der Waals surface area contributed by atoms with Crippen molar-refractivity contribution in [2.45, 2.75) is 31.9 Å². The fourth-order valence-electron chi connectivity index (χ4n) is 3.58. The molecule has 1 unspecified atom stereocenters. The number of hydrogen-bond acceptors (Lipinski definition) is 5. The number of fused-ring (bicyclic) bond motifs is 1. The molecule has 2 aromatic rings. The molecule has 2 aromatic carbocycles. The molecule has 0 aromatic heterocycles. The van der Waals surface area contributed by atoms with Crippen LogP contribution in [0.1, 0.15) is 23.1 Å². The minimum Gasteiger partial charge on any atom is -0.487 e. The van der Waals surface area contributed by atoms with Crippen molar-refractivity contribution in [2.24, 2.45) is 5.73 Å². The van der Waals surface area contributed by atoms with Crippen molar-refractivity contribution >= 4 is 21.8 Å². The second-order valence-electron chi connectivity index (χ2n) is 6.99. The molecule has 28 heavy (non-hydrogen) atoms. The van der Waals surface area contributed by atoms with E-state index in [4.69, 9.17) is 10.5 Å². The van der Waals surface area contributed by atoms with Crippen LogP contribution >= 0.6 is 0 Å². The van der Waals surface area contributed by atoms with Gasteiger partial charge in [0.25, 0.3) is 5.91 Å². The first-order chi connectivity index (χ1) is 13.3.